The van der Waals surface area contributed by atoms with Crippen LogP contribution < -0.4 is 0 Å². The third-order valence-electron chi connectivity index (χ3n) is 6.19. The van der Waals surface area contributed by atoms with E-state index in [9.17, 15) is 13.2 Å². The van der Waals surface area contributed by atoms with Crippen molar-refractivity contribution in [1.29, 1.82) is 0 Å². The monoisotopic (exact) mass is 449 g/mol. The highest BCUT2D eigenvalue weighted by Crippen LogP contribution is 2.28. The Labute approximate surface area is 183 Å². The van der Waals surface area contributed by atoms with E-state index in [0.29, 0.717) is 24.4 Å². The van der Waals surface area contributed by atoms with E-state index in [2.05, 4.69) is 22.0 Å². The number of aromatic nitrogens is 2. The molecular formula is C21H31N5O4S. The van der Waals surface area contributed by atoms with Crippen LogP contribution in [0, 0.1) is 5.92 Å². The quantitative estimate of drug-likeness (QED) is 0.694. The van der Waals surface area contributed by atoms with E-state index in [4.69, 9.17) is 4.42 Å². The summed E-state index contributed by atoms with van der Waals surface area (Å²) in [5.41, 5.74) is 0.617. The average molecular weight is 450 g/mol. The normalized spacial score (nSPS) is 21.5. The number of piperidine rings is 1. The van der Waals surface area contributed by atoms with E-state index in [0.717, 1.165) is 39.1 Å². The van der Waals surface area contributed by atoms with Gasteiger partial charge in [-0.05, 0) is 44.0 Å². The van der Waals surface area contributed by atoms with Crippen LogP contribution in [-0.2, 0) is 14.8 Å². The first-order valence-corrected chi connectivity index (χ1v) is 12.5. The van der Waals surface area contributed by atoms with E-state index >= 15 is 0 Å². The number of aromatic amines is 1. The van der Waals surface area contributed by atoms with Crippen LogP contribution in [0.3, 0.4) is 0 Å². The van der Waals surface area contributed by atoms with E-state index < -0.39 is 10.0 Å². The molecule has 0 aromatic carbocycles. The number of hydrogen-bond donors (Lipinski definition) is 1. The van der Waals surface area contributed by atoms with E-state index in [-0.39, 0.29) is 23.5 Å². The molecule has 1 unspecified atom stereocenters. The molecule has 2 aromatic rings. The molecule has 0 radical (unpaired) electrons. The van der Waals surface area contributed by atoms with Gasteiger partial charge < -0.3 is 9.32 Å². The largest absolute Gasteiger partial charge is 0.442 e. The molecule has 0 aliphatic carbocycles. The lowest BCUT2D eigenvalue weighted by atomic mass is 9.97. The number of nitrogens with one attached hydrogen (secondary N) is 1. The second-order valence-electron chi connectivity index (χ2n) is 8.31. The fraction of sp³-hybridized carbons (Fsp3) is 0.619. The number of hydrogen-bond acceptors (Lipinski definition) is 6. The first-order valence-electron chi connectivity index (χ1n) is 11.1. The van der Waals surface area contributed by atoms with Crippen LogP contribution in [0.2, 0.25) is 0 Å². The zero-order chi connectivity index (χ0) is 21.8. The first kappa shape index (κ1) is 22.0. The van der Waals surface area contributed by atoms with Crippen LogP contribution in [0.25, 0.3) is 11.5 Å². The van der Waals surface area contributed by atoms with Crippen molar-refractivity contribution >= 4 is 15.9 Å². The standard InChI is InChI=1S/C21H31N5O4S/c1-2-3-10-24-12-14-25(15-13-24)21(27)17-5-4-11-26(16-17)31(28,29)20-7-6-19(30-20)18-8-9-22-23-18/h6-9,17H,2-5,10-16H2,1H3,(H,22,23). The van der Waals surface area contributed by atoms with Gasteiger partial charge in [-0.3, -0.25) is 14.8 Å². The van der Waals surface area contributed by atoms with Crippen molar-refractivity contribution < 1.29 is 17.6 Å². The maximum Gasteiger partial charge on any atom is 0.276 e. The molecule has 4 heterocycles. The molecule has 1 atom stereocenters. The minimum Gasteiger partial charge on any atom is -0.442 e. The Kier molecular flexibility index (Phi) is 6.78. The van der Waals surface area contributed by atoms with Crippen molar-refractivity contribution in [3.8, 4) is 11.5 Å². The van der Waals surface area contributed by atoms with Gasteiger partial charge in [0.05, 0.1) is 5.92 Å². The molecule has 9 nitrogen and oxygen atoms in total. The van der Waals surface area contributed by atoms with E-state index in [1.807, 2.05) is 4.90 Å². The Balaban J connectivity index is 1.38. The van der Waals surface area contributed by atoms with Crippen molar-refractivity contribution in [2.24, 2.45) is 5.92 Å². The summed E-state index contributed by atoms with van der Waals surface area (Å²) in [5.74, 6) is 0.196. The number of carbonyl (C=O) groups excluding carboxylic acids is 1. The molecule has 0 spiro atoms. The summed E-state index contributed by atoms with van der Waals surface area (Å²) in [7, 11) is -3.80. The van der Waals surface area contributed by atoms with Gasteiger partial charge in [0.2, 0.25) is 11.0 Å². The number of furan rings is 1. The van der Waals surface area contributed by atoms with Gasteiger partial charge in [0, 0.05) is 45.5 Å². The Morgan fingerprint density at radius 3 is 2.71 bits per heavy atom. The number of nitrogens with zero attached hydrogens (tertiary/aromatic N) is 4. The van der Waals surface area contributed by atoms with Crippen molar-refractivity contribution in [3.05, 3.63) is 24.4 Å². The predicted molar refractivity (Wildman–Crippen MR) is 116 cm³/mol. The number of rotatable bonds is 7. The number of carbonyl (C=O) groups is 1. The maximum absolute atomic E-state index is 13.1. The molecule has 2 aliphatic rings. The van der Waals surface area contributed by atoms with Crippen molar-refractivity contribution in [2.45, 2.75) is 37.7 Å². The second kappa shape index (κ2) is 9.54. The van der Waals surface area contributed by atoms with Crippen LogP contribution >= 0.6 is 0 Å². The fourth-order valence-corrected chi connectivity index (χ4v) is 5.75. The SMILES string of the molecule is CCCCN1CCN(C(=O)C2CCCN(S(=O)(=O)c3ccc(-c4ccn[nH]4)o3)C2)CC1. The average Bonchev–Trinajstić information content (AvgIpc) is 3.50. The number of unbranched alkanes of at least 4 members (excludes halogenated alkanes) is 1. The maximum atomic E-state index is 13.1. The third-order valence-corrected chi connectivity index (χ3v) is 7.93. The van der Waals surface area contributed by atoms with Crippen LogP contribution in [0.1, 0.15) is 32.6 Å². The molecule has 2 fully saturated rings. The lowest BCUT2D eigenvalue weighted by Gasteiger charge is -2.38. The highest BCUT2D eigenvalue weighted by Gasteiger charge is 2.37. The van der Waals surface area contributed by atoms with Crippen LogP contribution in [0.15, 0.2) is 33.9 Å². The number of piperazine rings is 1. The number of H-pyrrole nitrogens is 1. The van der Waals surface area contributed by atoms with Gasteiger partial charge in [-0.15, -0.1) is 0 Å². The Morgan fingerprint density at radius 2 is 2.00 bits per heavy atom. The minimum absolute atomic E-state index is 0.0765. The Hall–Kier alpha value is -2.17. The highest BCUT2D eigenvalue weighted by molar-refractivity contribution is 7.89. The van der Waals surface area contributed by atoms with Gasteiger partial charge in [-0.25, -0.2) is 8.42 Å². The lowest BCUT2D eigenvalue weighted by Crippen LogP contribution is -2.53. The number of sulfonamides is 1. The van der Waals surface area contributed by atoms with Gasteiger partial charge >= 0.3 is 0 Å². The predicted octanol–water partition coefficient (Wildman–Crippen LogP) is 2.01. The zero-order valence-electron chi connectivity index (χ0n) is 18.0. The van der Waals surface area contributed by atoms with Crippen molar-refractivity contribution in [1.82, 2.24) is 24.3 Å². The van der Waals surface area contributed by atoms with Crippen molar-refractivity contribution in [2.75, 3.05) is 45.8 Å². The molecule has 0 bridgehead atoms. The summed E-state index contributed by atoms with van der Waals surface area (Å²) in [6.45, 7) is 7.09. The smallest absolute Gasteiger partial charge is 0.276 e. The van der Waals surface area contributed by atoms with Crippen LogP contribution in [0.5, 0.6) is 0 Å². The Morgan fingerprint density at radius 1 is 1.19 bits per heavy atom. The second-order valence-corrected chi connectivity index (χ2v) is 10.2. The number of amides is 1. The topological polar surface area (TPSA) is 103 Å². The highest BCUT2D eigenvalue weighted by atomic mass is 32.2. The summed E-state index contributed by atoms with van der Waals surface area (Å²) >= 11 is 0. The zero-order valence-corrected chi connectivity index (χ0v) is 18.8. The minimum atomic E-state index is -3.80. The summed E-state index contributed by atoms with van der Waals surface area (Å²) in [5, 5.41) is 6.53. The van der Waals surface area contributed by atoms with E-state index in [1.165, 1.54) is 23.2 Å². The van der Waals surface area contributed by atoms with E-state index in [1.54, 1.807) is 18.3 Å². The molecule has 2 saturated heterocycles. The fourth-order valence-electron chi connectivity index (χ4n) is 4.32. The summed E-state index contributed by atoms with van der Waals surface area (Å²) in [6.07, 6.45) is 5.32. The molecule has 10 heteroatoms. The molecule has 2 aliphatic heterocycles. The van der Waals surface area contributed by atoms with Gasteiger partial charge in [0.1, 0.15) is 5.69 Å². The molecule has 1 N–H and O–H groups in total. The van der Waals surface area contributed by atoms with Crippen LogP contribution in [0.4, 0.5) is 0 Å². The lowest BCUT2D eigenvalue weighted by molar-refractivity contribution is -0.138. The van der Waals surface area contributed by atoms with Gasteiger partial charge in [0.25, 0.3) is 10.0 Å². The first-order chi connectivity index (χ1) is 15.0. The molecule has 170 valence electrons. The Bertz CT molecular complexity index is 964. The van der Waals surface area contributed by atoms with Gasteiger partial charge in [-0.2, -0.15) is 9.40 Å². The molecule has 4 rings (SSSR count). The molecular weight excluding hydrogens is 418 g/mol. The van der Waals surface area contributed by atoms with Gasteiger partial charge in [0.15, 0.2) is 5.76 Å². The summed E-state index contributed by atoms with van der Waals surface area (Å²) in [4.78, 5) is 17.4. The molecule has 31 heavy (non-hydrogen) atoms. The third kappa shape index (κ3) is 4.86. The van der Waals surface area contributed by atoms with Gasteiger partial charge in [-0.1, -0.05) is 13.3 Å². The van der Waals surface area contributed by atoms with Crippen molar-refractivity contribution in [3.63, 3.8) is 0 Å². The summed E-state index contributed by atoms with van der Waals surface area (Å²) < 4.78 is 33.3. The molecule has 0 saturated carbocycles. The molecule has 2 aromatic heterocycles. The van der Waals surface area contributed by atoms with Crippen LogP contribution in [-0.4, -0.2) is 84.4 Å². The summed E-state index contributed by atoms with van der Waals surface area (Å²) in [6, 6.07) is 4.80. The molecule has 1 amide bonds.